The predicted molar refractivity (Wildman–Crippen MR) is 97.8 cm³/mol. The Bertz CT molecular complexity index is 810. The van der Waals surface area contributed by atoms with E-state index in [1.807, 2.05) is 29.2 Å². The highest BCUT2D eigenvalue weighted by atomic mass is 35.5. The summed E-state index contributed by atoms with van der Waals surface area (Å²) in [5, 5.41) is 10.6. The van der Waals surface area contributed by atoms with E-state index in [2.05, 4.69) is 15.5 Å². The zero-order valence-corrected chi connectivity index (χ0v) is 14.9. The van der Waals surface area contributed by atoms with Gasteiger partial charge in [0.05, 0.1) is 23.8 Å². The second-order valence-corrected chi connectivity index (χ2v) is 7.10. The number of anilines is 1. The van der Waals surface area contributed by atoms with Crippen LogP contribution >= 0.6 is 11.6 Å². The van der Waals surface area contributed by atoms with Crippen LogP contribution in [0.15, 0.2) is 36.7 Å². The number of halogens is 1. The molecule has 3 heterocycles. The van der Waals surface area contributed by atoms with Gasteiger partial charge in [-0.3, -0.25) is 14.7 Å². The Hall–Kier alpha value is -2.38. The summed E-state index contributed by atoms with van der Waals surface area (Å²) in [7, 11) is 0. The van der Waals surface area contributed by atoms with Crippen LogP contribution in [0.5, 0.6) is 0 Å². The third-order valence-electron chi connectivity index (χ3n) is 5.03. The van der Waals surface area contributed by atoms with E-state index in [4.69, 9.17) is 11.6 Å². The standard InChI is InChI=1S/C18H20ClN5O2/c19-14-3-1-2-12(6-14)16-10-20-4-5-23(16)18(26)13-7-17(25)24(11-13)15-8-21-22-9-15/h1-3,6,8-9,13,16,20H,4-5,7,10-11H2,(H,21,22). The van der Waals surface area contributed by atoms with Gasteiger partial charge >= 0.3 is 0 Å². The van der Waals surface area contributed by atoms with Crippen molar-refractivity contribution in [3.05, 3.63) is 47.2 Å². The van der Waals surface area contributed by atoms with Gasteiger partial charge in [0.2, 0.25) is 11.8 Å². The number of carbonyl (C=O) groups excluding carboxylic acids is 2. The number of nitrogens with one attached hydrogen (secondary N) is 2. The maximum atomic E-state index is 13.2. The molecule has 1 aromatic carbocycles. The number of hydrogen-bond donors (Lipinski definition) is 2. The summed E-state index contributed by atoms with van der Waals surface area (Å²) < 4.78 is 0. The average molecular weight is 374 g/mol. The molecular weight excluding hydrogens is 354 g/mol. The Balaban J connectivity index is 1.53. The van der Waals surface area contributed by atoms with Crippen molar-refractivity contribution in [2.45, 2.75) is 12.5 Å². The maximum Gasteiger partial charge on any atom is 0.228 e. The lowest BCUT2D eigenvalue weighted by Crippen LogP contribution is -2.50. The SMILES string of the molecule is O=C1CC(C(=O)N2CCNCC2c2cccc(Cl)c2)CN1c1cn[nH]c1. The quantitative estimate of drug-likeness (QED) is 0.856. The third kappa shape index (κ3) is 3.20. The predicted octanol–water partition coefficient (Wildman–Crippen LogP) is 1.59. The molecule has 2 fully saturated rings. The van der Waals surface area contributed by atoms with Crippen molar-refractivity contribution in [3.8, 4) is 0 Å². The molecule has 2 saturated heterocycles. The zero-order chi connectivity index (χ0) is 18.1. The first-order valence-corrected chi connectivity index (χ1v) is 9.07. The molecule has 2 amide bonds. The second-order valence-electron chi connectivity index (χ2n) is 6.67. The number of aromatic nitrogens is 2. The molecule has 0 spiro atoms. The Morgan fingerprint density at radius 2 is 2.23 bits per heavy atom. The molecule has 2 aliphatic heterocycles. The number of piperazine rings is 1. The van der Waals surface area contributed by atoms with E-state index in [9.17, 15) is 9.59 Å². The molecule has 136 valence electrons. The summed E-state index contributed by atoms with van der Waals surface area (Å²) in [5.41, 5.74) is 1.71. The number of H-pyrrole nitrogens is 1. The van der Waals surface area contributed by atoms with Crippen LogP contribution in [0.4, 0.5) is 5.69 Å². The maximum absolute atomic E-state index is 13.2. The third-order valence-corrected chi connectivity index (χ3v) is 5.26. The molecule has 26 heavy (non-hydrogen) atoms. The first-order valence-electron chi connectivity index (χ1n) is 8.69. The molecule has 0 aliphatic carbocycles. The van der Waals surface area contributed by atoms with Gasteiger partial charge in [-0.05, 0) is 17.7 Å². The van der Waals surface area contributed by atoms with Gasteiger partial charge < -0.3 is 15.1 Å². The topological polar surface area (TPSA) is 81.3 Å². The lowest BCUT2D eigenvalue weighted by atomic mass is 9.99. The van der Waals surface area contributed by atoms with Crippen LogP contribution < -0.4 is 10.2 Å². The van der Waals surface area contributed by atoms with Crippen molar-refractivity contribution in [1.82, 2.24) is 20.4 Å². The summed E-state index contributed by atoms with van der Waals surface area (Å²) in [5.74, 6) is -0.354. The van der Waals surface area contributed by atoms with Crippen molar-refractivity contribution < 1.29 is 9.59 Å². The smallest absolute Gasteiger partial charge is 0.228 e. The molecule has 0 saturated carbocycles. The minimum Gasteiger partial charge on any atom is -0.333 e. The molecular formula is C18H20ClN5O2. The summed E-state index contributed by atoms with van der Waals surface area (Å²) in [6.45, 7) is 2.43. The van der Waals surface area contributed by atoms with Gasteiger partial charge in [0, 0.05) is 43.8 Å². The fourth-order valence-electron chi connectivity index (χ4n) is 3.73. The van der Waals surface area contributed by atoms with E-state index in [1.165, 1.54) is 0 Å². The fourth-order valence-corrected chi connectivity index (χ4v) is 3.93. The monoisotopic (exact) mass is 373 g/mol. The van der Waals surface area contributed by atoms with Crippen LogP contribution in [-0.2, 0) is 9.59 Å². The van der Waals surface area contributed by atoms with Crippen molar-refractivity contribution >= 4 is 29.1 Å². The van der Waals surface area contributed by atoms with Crippen molar-refractivity contribution in [1.29, 1.82) is 0 Å². The largest absolute Gasteiger partial charge is 0.333 e. The van der Waals surface area contributed by atoms with Gasteiger partial charge in [-0.1, -0.05) is 23.7 Å². The van der Waals surface area contributed by atoms with E-state index in [0.717, 1.165) is 12.1 Å². The zero-order valence-electron chi connectivity index (χ0n) is 14.2. The lowest BCUT2D eigenvalue weighted by Gasteiger charge is -2.38. The van der Waals surface area contributed by atoms with E-state index in [0.29, 0.717) is 30.3 Å². The minimum absolute atomic E-state index is 0.0239. The van der Waals surface area contributed by atoms with E-state index >= 15 is 0 Å². The molecule has 2 unspecified atom stereocenters. The van der Waals surface area contributed by atoms with Crippen LogP contribution in [0.2, 0.25) is 5.02 Å². The van der Waals surface area contributed by atoms with E-state index in [-0.39, 0.29) is 30.2 Å². The Kier molecular flexibility index (Phi) is 4.65. The van der Waals surface area contributed by atoms with Gasteiger partial charge in [-0.15, -0.1) is 0 Å². The molecule has 2 aliphatic rings. The summed E-state index contributed by atoms with van der Waals surface area (Å²) in [6.07, 6.45) is 3.50. The molecule has 1 aromatic heterocycles. The van der Waals surface area contributed by atoms with Crippen LogP contribution in [0.3, 0.4) is 0 Å². The van der Waals surface area contributed by atoms with Crippen LogP contribution in [0, 0.1) is 5.92 Å². The Morgan fingerprint density at radius 1 is 1.35 bits per heavy atom. The molecule has 0 bridgehead atoms. The number of nitrogens with zero attached hydrogens (tertiary/aromatic N) is 3. The fraction of sp³-hybridized carbons (Fsp3) is 0.389. The van der Waals surface area contributed by atoms with Crippen LogP contribution in [0.1, 0.15) is 18.0 Å². The molecule has 8 heteroatoms. The number of aromatic amines is 1. The van der Waals surface area contributed by atoms with Gasteiger partial charge in [-0.25, -0.2) is 0 Å². The number of amides is 2. The molecule has 0 radical (unpaired) electrons. The number of rotatable bonds is 3. The minimum atomic E-state index is -0.336. The summed E-state index contributed by atoms with van der Waals surface area (Å²) >= 11 is 6.13. The van der Waals surface area contributed by atoms with Crippen LogP contribution in [0.25, 0.3) is 0 Å². The number of benzene rings is 1. The summed E-state index contributed by atoms with van der Waals surface area (Å²) in [4.78, 5) is 29.1. The molecule has 2 N–H and O–H groups in total. The second kappa shape index (κ2) is 7.09. The van der Waals surface area contributed by atoms with E-state index in [1.54, 1.807) is 17.3 Å². The van der Waals surface area contributed by atoms with E-state index < -0.39 is 0 Å². The highest BCUT2D eigenvalue weighted by molar-refractivity contribution is 6.30. The Morgan fingerprint density at radius 3 is 3.00 bits per heavy atom. The first kappa shape index (κ1) is 17.1. The first-order chi connectivity index (χ1) is 12.6. The Labute approximate surface area is 156 Å². The average Bonchev–Trinajstić information content (AvgIpc) is 3.30. The van der Waals surface area contributed by atoms with Gasteiger partial charge in [0.1, 0.15) is 0 Å². The van der Waals surface area contributed by atoms with Crippen molar-refractivity contribution in [2.24, 2.45) is 5.92 Å². The van der Waals surface area contributed by atoms with Gasteiger partial charge in [0.25, 0.3) is 0 Å². The van der Waals surface area contributed by atoms with Gasteiger partial charge in [0.15, 0.2) is 0 Å². The van der Waals surface area contributed by atoms with Crippen LogP contribution in [-0.4, -0.2) is 53.1 Å². The highest BCUT2D eigenvalue weighted by Crippen LogP contribution is 2.30. The van der Waals surface area contributed by atoms with Crippen molar-refractivity contribution in [3.63, 3.8) is 0 Å². The molecule has 2 atom stereocenters. The summed E-state index contributed by atoms with van der Waals surface area (Å²) in [6, 6.07) is 7.53. The normalized spacial score (nSPS) is 23.5. The number of carbonyl (C=O) groups is 2. The molecule has 4 rings (SSSR count). The van der Waals surface area contributed by atoms with Crippen molar-refractivity contribution in [2.75, 3.05) is 31.1 Å². The lowest BCUT2D eigenvalue weighted by molar-refractivity contribution is -0.139. The molecule has 2 aromatic rings. The van der Waals surface area contributed by atoms with Gasteiger partial charge in [-0.2, -0.15) is 5.10 Å². The molecule has 7 nitrogen and oxygen atoms in total. The number of hydrogen-bond acceptors (Lipinski definition) is 4. The highest BCUT2D eigenvalue weighted by Gasteiger charge is 2.40.